The van der Waals surface area contributed by atoms with E-state index in [0.29, 0.717) is 21.3 Å². The maximum atomic E-state index is 11.9. The Balaban J connectivity index is 2.27. The molecule has 1 aliphatic heterocycles. The van der Waals surface area contributed by atoms with Crippen LogP contribution in [0.3, 0.4) is 0 Å². The van der Waals surface area contributed by atoms with Crippen molar-refractivity contribution in [1.29, 1.82) is 0 Å². The van der Waals surface area contributed by atoms with Crippen LogP contribution in [0.25, 0.3) is 0 Å². The van der Waals surface area contributed by atoms with Crippen molar-refractivity contribution in [3.05, 3.63) is 69.2 Å². The monoisotopic (exact) mass is 319 g/mol. The molecule has 5 heteroatoms. The number of aliphatic imine (C=N–C) groups is 1. The minimum atomic E-state index is -1.39. The predicted molar refractivity (Wildman–Crippen MR) is 83.3 cm³/mol. The molecule has 3 nitrogen and oxygen atoms in total. The minimum absolute atomic E-state index is 0.116. The molecule has 0 amide bonds. The normalized spacial score (nSPS) is 18.0. The van der Waals surface area contributed by atoms with Gasteiger partial charge in [-0.2, -0.15) is 0 Å². The highest BCUT2D eigenvalue weighted by Gasteiger charge is 2.25. The highest BCUT2D eigenvalue weighted by atomic mass is 35.5. The van der Waals surface area contributed by atoms with Crippen molar-refractivity contribution in [2.75, 3.05) is 0 Å². The SMILES string of the molecule is O=C1Cc2ccc(Cl)cc2C(c2ccccc2Cl)=NC1O. The van der Waals surface area contributed by atoms with Gasteiger partial charge in [0.1, 0.15) is 0 Å². The van der Waals surface area contributed by atoms with Crippen molar-refractivity contribution >= 4 is 34.7 Å². The van der Waals surface area contributed by atoms with Gasteiger partial charge in [-0.1, -0.05) is 47.5 Å². The maximum Gasteiger partial charge on any atom is 0.205 e. The summed E-state index contributed by atoms with van der Waals surface area (Å²) in [4.78, 5) is 16.1. The zero-order valence-corrected chi connectivity index (χ0v) is 12.4. The molecule has 1 aliphatic rings. The Morgan fingerprint density at radius 3 is 2.62 bits per heavy atom. The smallest absolute Gasteiger partial charge is 0.205 e. The first-order valence-electron chi connectivity index (χ1n) is 6.38. The molecule has 0 saturated heterocycles. The molecule has 1 unspecified atom stereocenters. The lowest BCUT2D eigenvalue weighted by atomic mass is 9.96. The molecular formula is C16H11Cl2NO2. The number of aliphatic hydroxyl groups excluding tert-OH is 1. The summed E-state index contributed by atoms with van der Waals surface area (Å²) in [5.41, 5.74) is 2.65. The second kappa shape index (κ2) is 5.60. The molecule has 2 aromatic rings. The van der Waals surface area contributed by atoms with E-state index in [2.05, 4.69) is 4.99 Å². The largest absolute Gasteiger partial charge is 0.366 e. The number of nitrogens with zero attached hydrogens (tertiary/aromatic N) is 1. The first-order chi connectivity index (χ1) is 10.1. The van der Waals surface area contributed by atoms with Crippen LogP contribution in [0.1, 0.15) is 16.7 Å². The van der Waals surface area contributed by atoms with Crippen LogP contribution in [0.4, 0.5) is 0 Å². The van der Waals surface area contributed by atoms with E-state index >= 15 is 0 Å². The predicted octanol–water partition coefficient (Wildman–Crippen LogP) is 3.27. The molecular weight excluding hydrogens is 309 g/mol. The average Bonchev–Trinajstić information content (AvgIpc) is 2.58. The van der Waals surface area contributed by atoms with Crippen LogP contribution in [-0.4, -0.2) is 22.8 Å². The van der Waals surface area contributed by atoms with Crippen molar-refractivity contribution in [3.8, 4) is 0 Å². The van der Waals surface area contributed by atoms with E-state index in [1.54, 1.807) is 30.3 Å². The molecule has 0 bridgehead atoms. The van der Waals surface area contributed by atoms with Crippen LogP contribution in [0.5, 0.6) is 0 Å². The van der Waals surface area contributed by atoms with Gasteiger partial charge in [0, 0.05) is 27.6 Å². The van der Waals surface area contributed by atoms with Gasteiger partial charge in [0.05, 0.1) is 5.71 Å². The maximum absolute atomic E-state index is 11.9. The molecule has 106 valence electrons. The first kappa shape index (κ1) is 14.3. The number of Topliss-reactive ketones (excluding diaryl/α,β-unsaturated/α-hetero) is 1. The van der Waals surface area contributed by atoms with Crippen LogP contribution in [0.2, 0.25) is 10.0 Å². The Bertz CT molecular complexity index is 756. The third kappa shape index (κ3) is 2.72. The Hall–Kier alpha value is -1.68. The lowest BCUT2D eigenvalue weighted by Gasteiger charge is -2.11. The Morgan fingerprint density at radius 2 is 1.86 bits per heavy atom. The van der Waals surface area contributed by atoms with Crippen molar-refractivity contribution < 1.29 is 9.90 Å². The summed E-state index contributed by atoms with van der Waals surface area (Å²) in [6.45, 7) is 0. The number of carbonyl (C=O) groups excluding carboxylic acids is 1. The Kier molecular flexibility index (Phi) is 3.81. The molecule has 3 rings (SSSR count). The highest BCUT2D eigenvalue weighted by Crippen LogP contribution is 2.27. The number of benzene rings is 2. The molecule has 1 atom stereocenters. The van der Waals surface area contributed by atoms with Crippen LogP contribution < -0.4 is 0 Å². The second-order valence-electron chi connectivity index (χ2n) is 4.78. The number of halogens is 2. The molecule has 0 spiro atoms. The molecule has 0 aromatic heterocycles. The summed E-state index contributed by atoms with van der Waals surface area (Å²) < 4.78 is 0. The number of hydrogen-bond donors (Lipinski definition) is 1. The van der Waals surface area contributed by atoms with Gasteiger partial charge in [-0.25, -0.2) is 4.99 Å². The van der Waals surface area contributed by atoms with Gasteiger partial charge < -0.3 is 5.11 Å². The zero-order valence-electron chi connectivity index (χ0n) is 10.9. The molecule has 1 N–H and O–H groups in total. The lowest BCUT2D eigenvalue weighted by Crippen LogP contribution is -2.19. The van der Waals surface area contributed by atoms with Gasteiger partial charge in [-0.05, 0) is 23.8 Å². The van der Waals surface area contributed by atoms with E-state index in [0.717, 1.165) is 11.1 Å². The highest BCUT2D eigenvalue weighted by molar-refractivity contribution is 6.36. The van der Waals surface area contributed by atoms with Gasteiger partial charge in [0.2, 0.25) is 6.23 Å². The van der Waals surface area contributed by atoms with Crippen LogP contribution in [-0.2, 0) is 11.2 Å². The standard InChI is InChI=1S/C16H11Cl2NO2/c17-10-6-5-9-7-14(20)16(21)19-15(12(9)8-10)11-3-1-2-4-13(11)18/h1-6,8,16,21H,7H2. The third-order valence-electron chi connectivity index (χ3n) is 3.36. The fourth-order valence-corrected chi connectivity index (χ4v) is 2.73. The molecule has 0 aliphatic carbocycles. The summed E-state index contributed by atoms with van der Waals surface area (Å²) in [7, 11) is 0. The second-order valence-corrected chi connectivity index (χ2v) is 5.62. The summed E-state index contributed by atoms with van der Waals surface area (Å²) in [5.74, 6) is -0.347. The van der Waals surface area contributed by atoms with Gasteiger partial charge in [-0.3, -0.25) is 4.79 Å². The molecule has 1 heterocycles. The fourth-order valence-electron chi connectivity index (χ4n) is 2.33. The molecule has 0 saturated carbocycles. The number of rotatable bonds is 1. The number of hydrogen-bond acceptors (Lipinski definition) is 3. The van der Waals surface area contributed by atoms with E-state index in [1.165, 1.54) is 0 Å². The lowest BCUT2D eigenvalue weighted by molar-refractivity contribution is -0.125. The average molecular weight is 320 g/mol. The molecule has 0 radical (unpaired) electrons. The van der Waals surface area contributed by atoms with E-state index in [4.69, 9.17) is 23.2 Å². The first-order valence-corrected chi connectivity index (χ1v) is 7.14. The summed E-state index contributed by atoms with van der Waals surface area (Å²) in [6, 6.07) is 12.4. The van der Waals surface area contributed by atoms with E-state index < -0.39 is 6.23 Å². The Labute approximate surface area is 131 Å². The molecule has 21 heavy (non-hydrogen) atoms. The van der Waals surface area contributed by atoms with Gasteiger partial charge in [0.25, 0.3) is 0 Å². The number of ketones is 1. The van der Waals surface area contributed by atoms with Crippen LogP contribution >= 0.6 is 23.2 Å². The number of fused-ring (bicyclic) bond motifs is 1. The van der Waals surface area contributed by atoms with Crippen molar-refractivity contribution in [2.45, 2.75) is 12.6 Å². The molecule has 2 aromatic carbocycles. The summed E-state index contributed by atoms with van der Waals surface area (Å²) in [6.07, 6.45) is -1.27. The molecule has 0 fully saturated rings. The van der Waals surface area contributed by atoms with Gasteiger partial charge in [-0.15, -0.1) is 0 Å². The number of carbonyl (C=O) groups is 1. The van der Waals surface area contributed by atoms with Crippen LogP contribution in [0.15, 0.2) is 47.5 Å². The number of aliphatic hydroxyl groups is 1. The quantitative estimate of drug-likeness (QED) is 0.877. The minimum Gasteiger partial charge on any atom is -0.366 e. The van der Waals surface area contributed by atoms with Crippen LogP contribution in [0, 0.1) is 0 Å². The summed E-state index contributed by atoms with van der Waals surface area (Å²) in [5, 5.41) is 11.0. The van der Waals surface area contributed by atoms with Gasteiger partial charge >= 0.3 is 0 Å². The zero-order chi connectivity index (χ0) is 15.0. The van der Waals surface area contributed by atoms with E-state index in [9.17, 15) is 9.90 Å². The van der Waals surface area contributed by atoms with E-state index in [1.807, 2.05) is 12.1 Å². The summed E-state index contributed by atoms with van der Waals surface area (Å²) >= 11 is 12.3. The fraction of sp³-hybridized carbons (Fsp3) is 0.125. The van der Waals surface area contributed by atoms with Crippen molar-refractivity contribution in [3.63, 3.8) is 0 Å². The van der Waals surface area contributed by atoms with E-state index in [-0.39, 0.29) is 12.2 Å². The van der Waals surface area contributed by atoms with Crippen molar-refractivity contribution in [1.82, 2.24) is 0 Å². The third-order valence-corrected chi connectivity index (χ3v) is 3.92. The topological polar surface area (TPSA) is 49.7 Å². The Morgan fingerprint density at radius 1 is 1.10 bits per heavy atom. The van der Waals surface area contributed by atoms with Gasteiger partial charge in [0.15, 0.2) is 5.78 Å². The van der Waals surface area contributed by atoms with Crippen molar-refractivity contribution in [2.24, 2.45) is 4.99 Å².